The van der Waals surface area contributed by atoms with Crippen LogP contribution >= 0.6 is 0 Å². The summed E-state index contributed by atoms with van der Waals surface area (Å²) < 4.78 is 10.8. The van der Waals surface area contributed by atoms with Crippen LogP contribution in [0.4, 0.5) is 0 Å². The molecule has 0 heterocycles. The molecule has 0 aliphatic carbocycles. The van der Waals surface area contributed by atoms with Crippen LogP contribution in [0.1, 0.15) is 22.8 Å². The number of rotatable bonds is 9. The molecule has 3 aromatic carbocycles. The zero-order valence-corrected chi connectivity index (χ0v) is 17.7. The zero-order valence-electron chi connectivity index (χ0n) is 17.7. The number of ether oxygens (including phenoxy) is 2. The zero-order chi connectivity index (χ0) is 22.1. The summed E-state index contributed by atoms with van der Waals surface area (Å²) in [5.74, 6) is 0.700. The lowest BCUT2D eigenvalue weighted by Gasteiger charge is -2.12. The summed E-state index contributed by atoms with van der Waals surface area (Å²) >= 11 is 0. The van der Waals surface area contributed by atoms with Crippen LogP contribution < -0.4 is 20.1 Å². The number of amides is 2. The molecule has 0 aliphatic rings. The second kappa shape index (κ2) is 10.8. The number of benzene rings is 3. The van der Waals surface area contributed by atoms with Gasteiger partial charge in [0.15, 0.2) is 11.5 Å². The standard InChI is InChI=1S/C25H26N2O4/c1-3-31-22-14-9-18(15-23(22)30-2)16-26-24(28)17-27-25(29)21-12-10-20(11-13-21)19-7-5-4-6-8-19/h4-15H,3,16-17H2,1-2H3,(H,26,28)(H,27,29). The van der Waals surface area contributed by atoms with Crippen LogP contribution in [-0.2, 0) is 11.3 Å². The minimum absolute atomic E-state index is 0.104. The number of methoxy groups -OCH3 is 1. The monoisotopic (exact) mass is 418 g/mol. The van der Waals surface area contributed by atoms with Crippen molar-refractivity contribution in [2.24, 2.45) is 0 Å². The van der Waals surface area contributed by atoms with Crippen molar-refractivity contribution in [3.8, 4) is 22.6 Å². The number of carbonyl (C=O) groups is 2. The van der Waals surface area contributed by atoms with E-state index in [-0.39, 0.29) is 18.4 Å². The molecule has 2 amide bonds. The maximum absolute atomic E-state index is 12.3. The fourth-order valence-corrected chi connectivity index (χ4v) is 3.07. The van der Waals surface area contributed by atoms with E-state index in [1.54, 1.807) is 19.2 Å². The van der Waals surface area contributed by atoms with Gasteiger partial charge in [-0.15, -0.1) is 0 Å². The lowest BCUT2D eigenvalue weighted by atomic mass is 10.0. The molecule has 0 radical (unpaired) electrons. The summed E-state index contributed by atoms with van der Waals surface area (Å²) in [6.45, 7) is 2.66. The van der Waals surface area contributed by atoms with Crippen LogP contribution in [0.3, 0.4) is 0 Å². The van der Waals surface area contributed by atoms with Crippen LogP contribution in [-0.4, -0.2) is 32.1 Å². The molecule has 0 aromatic heterocycles. The van der Waals surface area contributed by atoms with Crippen LogP contribution in [0.5, 0.6) is 11.5 Å². The van der Waals surface area contributed by atoms with E-state index in [0.717, 1.165) is 16.7 Å². The highest BCUT2D eigenvalue weighted by molar-refractivity contribution is 5.96. The Balaban J connectivity index is 1.49. The molecule has 0 spiro atoms. The topological polar surface area (TPSA) is 76.7 Å². The van der Waals surface area contributed by atoms with E-state index < -0.39 is 0 Å². The minimum atomic E-state index is -0.294. The SMILES string of the molecule is CCOc1ccc(CNC(=O)CNC(=O)c2ccc(-c3ccccc3)cc2)cc1OC. The van der Waals surface area contributed by atoms with Gasteiger partial charge in [-0.25, -0.2) is 0 Å². The smallest absolute Gasteiger partial charge is 0.251 e. The Bertz CT molecular complexity index is 1020. The minimum Gasteiger partial charge on any atom is -0.493 e. The van der Waals surface area contributed by atoms with Crippen molar-refractivity contribution in [3.05, 3.63) is 83.9 Å². The number of nitrogens with one attached hydrogen (secondary N) is 2. The molecule has 0 aliphatic heterocycles. The Hall–Kier alpha value is -3.80. The van der Waals surface area contributed by atoms with Gasteiger partial charge in [0.1, 0.15) is 0 Å². The third kappa shape index (κ3) is 6.09. The van der Waals surface area contributed by atoms with Gasteiger partial charge in [0.2, 0.25) is 5.91 Å². The van der Waals surface area contributed by atoms with Crippen LogP contribution in [0, 0.1) is 0 Å². The molecular formula is C25H26N2O4. The molecule has 2 N–H and O–H groups in total. The Morgan fingerprint density at radius 3 is 2.23 bits per heavy atom. The fraction of sp³-hybridized carbons (Fsp3) is 0.200. The fourth-order valence-electron chi connectivity index (χ4n) is 3.07. The van der Waals surface area contributed by atoms with Gasteiger partial charge >= 0.3 is 0 Å². The number of hydrogen-bond donors (Lipinski definition) is 2. The third-order valence-electron chi connectivity index (χ3n) is 4.68. The molecule has 0 bridgehead atoms. The van der Waals surface area contributed by atoms with Gasteiger partial charge in [-0.2, -0.15) is 0 Å². The van der Waals surface area contributed by atoms with E-state index in [4.69, 9.17) is 9.47 Å². The molecule has 3 aromatic rings. The number of hydrogen-bond acceptors (Lipinski definition) is 4. The maximum Gasteiger partial charge on any atom is 0.251 e. The van der Waals surface area contributed by atoms with Crippen molar-refractivity contribution < 1.29 is 19.1 Å². The average molecular weight is 418 g/mol. The molecule has 0 fully saturated rings. The van der Waals surface area contributed by atoms with Gasteiger partial charge in [-0.3, -0.25) is 9.59 Å². The maximum atomic E-state index is 12.3. The second-order valence-electron chi connectivity index (χ2n) is 6.82. The van der Waals surface area contributed by atoms with Crippen LogP contribution in [0.2, 0.25) is 0 Å². The van der Waals surface area contributed by atoms with Gasteiger partial charge in [-0.1, -0.05) is 48.5 Å². The molecule has 0 atom stereocenters. The molecule has 0 unspecified atom stereocenters. The van der Waals surface area contributed by atoms with Crippen molar-refractivity contribution in [2.45, 2.75) is 13.5 Å². The summed E-state index contributed by atoms with van der Waals surface area (Å²) in [6.07, 6.45) is 0. The van der Waals surface area contributed by atoms with E-state index in [2.05, 4.69) is 10.6 Å². The summed E-state index contributed by atoms with van der Waals surface area (Å²) in [5.41, 5.74) is 3.49. The predicted molar refractivity (Wildman–Crippen MR) is 120 cm³/mol. The third-order valence-corrected chi connectivity index (χ3v) is 4.68. The van der Waals surface area contributed by atoms with E-state index >= 15 is 0 Å². The Labute approximate surface area is 182 Å². The Morgan fingerprint density at radius 2 is 1.55 bits per heavy atom. The molecule has 6 heteroatoms. The van der Waals surface area contributed by atoms with Crippen molar-refractivity contribution in [2.75, 3.05) is 20.3 Å². The van der Waals surface area contributed by atoms with Gasteiger partial charge in [0.25, 0.3) is 5.91 Å². The summed E-state index contributed by atoms with van der Waals surface area (Å²) in [6, 6.07) is 22.7. The first-order valence-corrected chi connectivity index (χ1v) is 10.1. The predicted octanol–water partition coefficient (Wildman–Crippen LogP) is 3.81. The normalized spacial score (nSPS) is 10.3. The summed E-state index contributed by atoms with van der Waals surface area (Å²) in [4.78, 5) is 24.5. The lowest BCUT2D eigenvalue weighted by molar-refractivity contribution is -0.120. The molecule has 31 heavy (non-hydrogen) atoms. The van der Waals surface area contributed by atoms with E-state index in [1.807, 2.05) is 67.6 Å². The first-order chi connectivity index (χ1) is 15.1. The summed E-state index contributed by atoms with van der Waals surface area (Å²) in [5, 5.41) is 5.44. The Kier molecular flexibility index (Phi) is 7.65. The van der Waals surface area contributed by atoms with Crippen molar-refractivity contribution in [1.29, 1.82) is 0 Å². The Morgan fingerprint density at radius 1 is 0.839 bits per heavy atom. The van der Waals surface area contributed by atoms with Crippen molar-refractivity contribution in [1.82, 2.24) is 10.6 Å². The molecule has 3 rings (SSSR count). The quantitative estimate of drug-likeness (QED) is 0.554. The van der Waals surface area contributed by atoms with E-state index in [0.29, 0.717) is 30.2 Å². The molecule has 6 nitrogen and oxygen atoms in total. The van der Waals surface area contributed by atoms with E-state index in [9.17, 15) is 9.59 Å². The molecule has 160 valence electrons. The van der Waals surface area contributed by atoms with Gasteiger partial charge in [-0.05, 0) is 47.9 Å². The van der Waals surface area contributed by atoms with Crippen LogP contribution in [0.25, 0.3) is 11.1 Å². The van der Waals surface area contributed by atoms with Crippen molar-refractivity contribution >= 4 is 11.8 Å². The summed E-state index contributed by atoms with van der Waals surface area (Å²) in [7, 11) is 1.57. The lowest BCUT2D eigenvalue weighted by Crippen LogP contribution is -2.36. The average Bonchev–Trinajstić information content (AvgIpc) is 2.82. The first-order valence-electron chi connectivity index (χ1n) is 10.1. The van der Waals surface area contributed by atoms with Gasteiger partial charge < -0.3 is 20.1 Å². The highest BCUT2D eigenvalue weighted by Crippen LogP contribution is 2.28. The van der Waals surface area contributed by atoms with Crippen LogP contribution in [0.15, 0.2) is 72.8 Å². The highest BCUT2D eigenvalue weighted by Gasteiger charge is 2.10. The van der Waals surface area contributed by atoms with Gasteiger partial charge in [0.05, 0.1) is 20.3 Å². The second-order valence-corrected chi connectivity index (χ2v) is 6.82. The van der Waals surface area contributed by atoms with E-state index in [1.165, 1.54) is 0 Å². The molecule has 0 saturated carbocycles. The highest BCUT2D eigenvalue weighted by atomic mass is 16.5. The van der Waals surface area contributed by atoms with Crippen molar-refractivity contribution in [3.63, 3.8) is 0 Å². The molecule has 0 saturated heterocycles. The number of carbonyl (C=O) groups excluding carboxylic acids is 2. The van der Waals surface area contributed by atoms with Gasteiger partial charge in [0, 0.05) is 12.1 Å². The molecular weight excluding hydrogens is 392 g/mol. The first kappa shape index (κ1) is 21.9. The largest absolute Gasteiger partial charge is 0.493 e.